The normalized spacial score (nSPS) is 9.38. The highest BCUT2D eigenvalue weighted by molar-refractivity contribution is 6.17. The van der Waals surface area contributed by atoms with Gasteiger partial charge in [-0.15, -0.1) is 11.6 Å². The van der Waals surface area contributed by atoms with E-state index in [4.69, 9.17) is 11.6 Å². The molecule has 76 valence electrons. The molecule has 0 aliphatic heterocycles. The largest absolute Gasteiger partial charge is 0.359 e. The first-order chi connectivity index (χ1) is 6.20. The molecule has 0 bridgehead atoms. The molecule has 0 rings (SSSR count). The topological polar surface area (TPSA) is 58.2 Å². The van der Waals surface area contributed by atoms with Crippen LogP contribution in [0.5, 0.6) is 0 Å². The summed E-state index contributed by atoms with van der Waals surface area (Å²) in [6.45, 7) is 0.390. The van der Waals surface area contributed by atoms with E-state index in [9.17, 15) is 9.59 Å². The fraction of sp³-hybridized carbons (Fsp3) is 0.750. The van der Waals surface area contributed by atoms with E-state index in [1.165, 1.54) is 0 Å². The predicted octanol–water partition coefficient (Wildman–Crippen LogP) is 0.258. The van der Waals surface area contributed by atoms with Crippen LogP contribution >= 0.6 is 11.6 Å². The molecule has 4 nitrogen and oxygen atoms in total. The lowest BCUT2D eigenvalue weighted by atomic mass is 10.3. The third-order valence-corrected chi connectivity index (χ3v) is 1.76. The van der Waals surface area contributed by atoms with E-state index in [0.717, 1.165) is 0 Å². The molecule has 0 aliphatic rings. The number of nitrogens with one attached hydrogen (secondary N) is 2. The lowest BCUT2D eigenvalue weighted by molar-refractivity contribution is -0.122. The Balaban J connectivity index is 3.31. The quantitative estimate of drug-likeness (QED) is 0.613. The molecule has 13 heavy (non-hydrogen) atoms. The maximum absolute atomic E-state index is 11.0. The van der Waals surface area contributed by atoms with Gasteiger partial charge in [-0.2, -0.15) is 0 Å². The predicted molar refractivity (Wildman–Crippen MR) is 51.6 cm³/mol. The molecule has 0 radical (unpaired) electrons. The summed E-state index contributed by atoms with van der Waals surface area (Å²) in [5, 5.41) is 5.09. The summed E-state index contributed by atoms with van der Waals surface area (Å²) in [5.41, 5.74) is 0. The highest BCUT2D eigenvalue weighted by Gasteiger charge is 2.01. The summed E-state index contributed by atoms with van der Waals surface area (Å²) in [6.07, 6.45) is 1.42. The molecule has 2 N–H and O–H groups in total. The molecule has 0 saturated heterocycles. The van der Waals surface area contributed by atoms with E-state index in [2.05, 4.69) is 10.6 Å². The summed E-state index contributed by atoms with van der Waals surface area (Å²) >= 11 is 5.41. The van der Waals surface area contributed by atoms with E-state index < -0.39 is 0 Å². The minimum atomic E-state index is -0.0716. The second-order valence-corrected chi connectivity index (χ2v) is 2.94. The molecule has 0 aromatic rings. The zero-order valence-electron chi connectivity index (χ0n) is 7.73. The van der Waals surface area contributed by atoms with Gasteiger partial charge in [0, 0.05) is 32.3 Å². The summed E-state index contributed by atoms with van der Waals surface area (Å²) in [4.78, 5) is 21.7. The summed E-state index contributed by atoms with van der Waals surface area (Å²) in [5.74, 6) is 0.366. The molecule has 2 amide bonds. The molecule has 0 atom stereocenters. The summed E-state index contributed by atoms with van der Waals surface area (Å²) < 4.78 is 0. The number of rotatable bonds is 6. The summed E-state index contributed by atoms with van der Waals surface area (Å²) in [7, 11) is 1.57. The lowest BCUT2D eigenvalue weighted by Gasteiger charge is -2.03. The van der Waals surface area contributed by atoms with Crippen molar-refractivity contribution in [1.82, 2.24) is 10.6 Å². The van der Waals surface area contributed by atoms with Crippen LogP contribution < -0.4 is 10.6 Å². The van der Waals surface area contributed by atoms with E-state index in [1.807, 2.05) is 0 Å². The minimum absolute atomic E-state index is 0.0513. The van der Waals surface area contributed by atoms with Gasteiger partial charge in [-0.25, -0.2) is 0 Å². The molecule has 0 saturated carbocycles. The van der Waals surface area contributed by atoms with Crippen molar-refractivity contribution in [3.05, 3.63) is 0 Å². The van der Waals surface area contributed by atoms with Gasteiger partial charge in [0.05, 0.1) is 0 Å². The van der Waals surface area contributed by atoms with Crippen LogP contribution in [0.25, 0.3) is 0 Å². The first kappa shape index (κ1) is 12.2. The number of hydrogen-bond donors (Lipinski definition) is 2. The van der Waals surface area contributed by atoms with Gasteiger partial charge in [0.2, 0.25) is 11.8 Å². The Morgan fingerprint density at radius 2 is 1.92 bits per heavy atom. The number of hydrogen-bond acceptors (Lipinski definition) is 2. The standard InChI is InChI=1S/C8H15ClN2O2/c1-10-7(12)4-6-11-8(13)3-2-5-9/h2-6H2,1H3,(H,10,12)(H,11,13). The minimum Gasteiger partial charge on any atom is -0.359 e. The fourth-order valence-electron chi connectivity index (χ4n) is 0.756. The number of alkyl halides is 1. The molecular weight excluding hydrogens is 192 g/mol. The third-order valence-electron chi connectivity index (χ3n) is 1.49. The van der Waals surface area contributed by atoms with Gasteiger partial charge in [-0.05, 0) is 6.42 Å². The molecule has 0 unspecified atom stereocenters. The highest BCUT2D eigenvalue weighted by Crippen LogP contribution is 1.91. The Labute approximate surface area is 83.0 Å². The molecule has 0 fully saturated rings. The molecule has 0 aliphatic carbocycles. The van der Waals surface area contributed by atoms with Crippen molar-refractivity contribution >= 4 is 23.4 Å². The Morgan fingerprint density at radius 3 is 2.46 bits per heavy atom. The second-order valence-electron chi connectivity index (χ2n) is 2.57. The number of carbonyl (C=O) groups is 2. The van der Waals surface area contributed by atoms with Crippen LogP contribution in [0.15, 0.2) is 0 Å². The maximum Gasteiger partial charge on any atom is 0.221 e. The third kappa shape index (κ3) is 7.59. The zero-order chi connectivity index (χ0) is 10.1. The van der Waals surface area contributed by atoms with Crippen LogP contribution in [0.1, 0.15) is 19.3 Å². The van der Waals surface area contributed by atoms with Crippen molar-refractivity contribution in [2.24, 2.45) is 0 Å². The van der Waals surface area contributed by atoms with Crippen LogP contribution in [0.2, 0.25) is 0 Å². The van der Waals surface area contributed by atoms with Gasteiger partial charge in [0.1, 0.15) is 0 Å². The molecule has 0 spiro atoms. The molecule has 0 aromatic heterocycles. The SMILES string of the molecule is CNC(=O)CCNC(=O)CCCCl. The Morgan fingerprint density at radius 1 is 1.23 bits per heavy atom. The van der Waals surface area contributed by atoms with E-state index in [0.29, 0.717) is 31.7 Å². The average molecular weight is 207 g/mol. The zero-order valence-corrected chi connectivity index (χ0v) is 8.49. The van der Waals surface area contributed by atoms with Crippen LogP contribution in [0.4, 0.5) is 0 Å². The van der Waals surface area contributed by atoms with Gasteiger partial charge in [0.15, 0.2) is 0 Å². The van der Waals surface area contributed by atoms with Gasteiger partial charge in [-0.3, -0.25) is 9.59 Å². The molecule has 5 heteroatoms. The molecule has 0 heterocycles. The Bertz CT molecular complexity index is 174. The number of carbonyl (C=O) groups excluding carboxylic acids is 2. The van der Waals surface area contributed by atoms with Crippen molar-refractivity contribution in [2.45, 2.75) is 19.3 Å². The molecular formula is C8H15ClN2O2. The monoisotopic (exact) mass is 206 g/mol. The highest BCUT2D eigenvalue weighted by atomic mass is 35.5. The fourth-order valence-corrected chi connectivity index (χ4v) is 0.890. The van der Waals surface area contributed by atoms with E-state index in [-0.39, 0.29) is 11.8 Å². The van der Waals surface area contributed by atoms with Crippen molar-refractivity contribution < 1.29 is 9.59 Å². The Hall–Kier alpha value is -0.770. The van der Waals surface area contributed by atoms with Crippen molar-refractivity contribution in [1.29, 1.82) is 0 Å². The van der Waals surface area contributed by atoms with Crippen molar-refractivity contribution in [2.75, 3.05) is 19.5 Å². The van der Waals surface area contributed by atoms with Gasteiger partial charge in [-0.1, -0.05) is 0 Å². The van der Waals surface area contributed by atoms with E-state index >= 15 is 0 Å². The number of amides is 2. The average Bonchev–Trinajstić information content (AvgIpc) is 2.14. The van der Waals surface area contributed by atoms with Crippen LogP contribution in [-0.4, -0.2) is 31.3 Å². The lowest BCUT2D eigenvalue weighted by Crippen LogP contribution is -2.28. The second kappa shape index (κ2) is 7.86. The van der Waals surface area contributed by atoms with Crippen LogP contribution in [0, 0.1) is 0 Å². The summed E-state index contributed by atoms with van der Waals surface area (Å²) in [6, 6.07) is 0. The van der Waals surface area contributed by atoms with Crippen LogP contribution in [-0.2, 0) is 9.59 Å². The first-order valence-electron chi connectivity index (χ1n) is 4.24. The van der Waals surface area contributed by atoms with Crippen molar-refractivity contribution in [3.63, 3.8) is 0 Å². The molecule has 0 aromatic carbocycles. The van der Waals surface area contributed by atoms with Gasteiger partial charge >= 0.3 is 0 Å². The Kier molecular flexibility index (Phi) is 7.39. The van der Waals surface area contributed by atoms with E-state index in [1.54, 1.807) is 7.05 Å². The van der Waals surface area contributed by atoms with Gasteiger partial charge < -0.3 is 10.6 Å². The smallest absolute Gasteiger partial charge is 0.221 e. The van der Waals surface area contributed by atoms with Crippen molar-refractivity contribution in [3.8, 4) is 0 Å². The number of halogens is 1. The first-order valence-corrected chi connectivity index (χ1v) is 4.77. The van der Waals surface area contributed by atoms with Gasteiger partial charge in [0.25, 0.3) is 0 Å². The van der Waals surface area contributed by atoms with Crippen LogP contribution in [0.3, 0.4) is 0 Å². The maximum atomic E-state index is 11.0.